The van der Waals surface area contributed by atoms with Gasteiger partial charge in [-0.3, -0.25) is 9.59 Å². The summed E-state index contributed by atoms with van der Waals surface area (Å²) in [7, 11) is 0. The fraction of sp³-hybridized carbons (Fsp3) is 0.429. The Hall–Kier alpha value is -1.88. The van der Waals surface area contributed by atoms with E-state index in [4.69, 9.17) is 0 Å². The molecular formula is C14H19N3O2. The zero-order valence-electron chi connectivity index (χ0n) is 10.8. The zero-order valence-corrected chi connectivity index (χ0v) is 10.8. The first-order chi connectivity index (χ1) is 9.25. The highest BCUT2D eigenvalue weighted by atomic mass is 16.2. The minimum atomic E-state index is -0.398. The van der Waals surface area contributed by atoms with Crippen molar-refractivity contribution in [1.29, 1.82) is 0 Å². The molecule has 19 heavy (non-hydrogen) atoms. The van der Waals surface area contributed by atoms with E-state index in [-0.39, 0.29) is 18.2 Å². The molecule has 0 aromatic heterocycles. The van der Waals surface area contributed by atoms with Crippen LogP contribution in [0.2, 0.25) is 0 Å². The smallest absolute Gasteiger partial charge is 0.237 e. The third-order valence-corrected chi connectivity index (χ3v) is 3.10. The lowest BCUT2D eigenvalue weighted by molar-refractivity contribution is -0.129. The number of benzene rings is 1. The van der Waals surface area contributed by atoms with Crippen LogP contribution in [-0.2, 0) is 16.0 Å². The lowest BCUT2D eigenvalue weighted by Gasteiger charge is -2.22. The van der Waals surface area contributed by atoms with Gasteiger partial charge in [0.05, 0.1) is 12.5 Å². The summed E-state index contributed by atoms with van der Waals surface area (Å²) in [5.41, 5.74) is 1.19. The van der Waals surface area contributed by atoms with Crippen LogP contribution in [0.15, 0.2) is 30.3 Å². The van der Waals surface area contributed by atoms with Gasteiger partial charge in [-0.25, -0.2) is 0 Å². The monoisotopic (exact) mass is 261 g/mol. The predicted molar refractivity (Wildman–Crippen MR) is 72.6 cm³/mol. The first kappa shape index (κ1) is 13.5. The van der Waals surface area contributed by atoms with E-state index in [1.807, 2.05) is 30.3 Å². The Kier molecular flexibility index (Phi) is 4.92. The van der Waals surface area contributed by atoms with Gasteiger partial charge in [0.2, 0.25) is 11.8 Å². The molecule has 1 atom stereocenters. The molecule has 1 aromatic rings. The predicted octanol–water partition coefficient (Wildman–Crippen LogP) is -0.177. The quantitative estimate of drug-likeness (QED) is 0.689. The SMILES string of the molecule is O=C(C[C@H]1NCCNC1=O)NCCc1ccccc1. The van der Waals surface area contributed by atoms with Gasteiger partial charge in [0, 0.05) is 19.6 Å². The van der Waals surface area contributed by atoms with E-state index in [1.54, 1.807) is 0 Å². The number of rotatable bonds is 5. The summed E-state index contributed by atoms with van der Waals surface area (Å²) in [6.07, 6.45) is 0.998. The molecule has 1 aliphatic heterocycles. The van der Waals surface area contributed by atoms with Crippen molar-refractivity contribution in [3.05, 3.63) is 35.9 Å². The summed E-state index contributed by atoms with van der Waals surface area (Å²) in [6, 6.07) is 9.59. The van der Waals surface area contributed by atoms with Gasteiger partial charge in [-0.05, 0) is 12.0 Å². The van der Waals surface area contributed by atoms with E-state index in [0.717, 1.165) is 6.42 Å². The summed E-state index contributed by atoms with van der Waals surface area (Å²) in [5.74, 6) is -0.185. The molecule has 0 saturated carbocycles. The zero-order chi connectivity index (χ0) is 13.5. The Labute approximate surface area is 112 Å². The fourth-order valence-corrected chi connectivity index (χ4v) is 2.06. The normalized spacial score (nSPS) is 18.7. The Bertz CT molecular complexity index is 434. The van der Waals surface area contributed by atoms with Crippen LogP contribution in [0.5, 0.6) is 0 Å². The maximum absolute atomic E-state index is 11.7. The molecule has 2 rings (SSSR count). The van der Waals surface area contributed by atoms with E-state index in [1.165, 1.54) is 5.56 Å². The van der Waals surface area contributed by atoms with Crippen molar-refractivity contribution in [1.82, 2.24) is 16.0 Å². The number of piperazine rings is 1. The third-order valence-electron chi connectivity index (χ3n) is 3.10. The van der Waals surface area contributed by atoms with Crippen LogP contribution in [0.25, 0.3) is 0 Å². The van der Waals surface area contributed by atoms with Gasteiger partial charge in [0.25, 0.3) is 0 Å². The second-order valence-corrected chi connectivity index (χ2v) is 4.59. The number of hydrogen-bond donors (Lipinski definition) is 3. The van der Waals surface area contributed by atoms with Crippen molar-refractivity contribution in [3.8, 4) is 0 Å². The number of carbonyl (C=O) groups excluding carboxylic acids is 2. The van der Waals surface area contributed by atoms with E-state index in [9.17, 15) is 9.59 Å². The lowest BCUT2D eigenvalue weighted by Crippen LogP contribution is -2.54. The van der Waals surface area contributed by atoms with Crippen LogP contribution >= 0.6 is 0 Å². The molecule has 1 fully saturated rings. The van der Waals surface area contributed by atoms with Gasteiger partial charge in [0.1, 0.15) is 0 Å². The van der Waals surface area contributed by atoms with Crippen molar-refractivity contribution in [2.24, 2.45) is 0 Å². The molecule has 1 heterocycles. The van der Waals surface area contributed by atoms with Crippen molar-refractivity contribution in [2.45, 2.75) is 18.9 Å². The first-order valence-electron chi connectivity index (χ1n) is 6.57. The van der Waals surface area contributed by atoms with Gasteiger partial charge < -0.3 is 16.0 Å². The second-order valence-electron chi connectivity index (χ2n) is 4.59. The van der Waals surface area contributed by atoms with E-state index in [0.29, 0.717) is 19.6 Å². The maximum Gasteiger partial charge on any atom is 0.237 e. The average molecular weight is 261 g/mol. The molecular weight excluding hydrogens is 242 g/mol. The summed E-state index contributed by atoms with van der Waals surface area (Å²) >= 11 is 0. The fourth-order valence-electron chi connectivity index (χ4n) is 2.06. The number of hydrogen-bond acceptors (Lipinski definition) is 3. The van der Waals surface area contributed by atoms with Crippen molar-refractivity contribution in [3.63, 3.8) is 0 Å². The molecule has 3 N–H and O–H groups in total. The first-order valence-corrected chi connectivity index (χ1v) is 6.57. The Morgan fingerprint density at radius 3 is 2.79 bits per heavy atom. The molecule has 0 radical (unpaired) electrons. The van der Waals surface area contributed by atoms with Gasteiger partial charge in [-0.2, -0.15) is 0 Å². The summed E-state index contributed by atoms with van der Waals surface area (Å²) in [4.78, 5) is 23.2. The molecule has 5 heteroatoms. The van der Waals surface area contributed by atoms with E-state index >= 15 is 0 Å². The highest BCUT2D eigenvalue weighted by Crippen LogP contribution is 1.99. The van der Waals surface area contributed by atoms with Crippen LogP contribution < -0.4 is 16.0 Å². The second kappa shape index (κ2) is 6.89. The molecule has 102 valence electrons. The molecule has 0 aliphatic carbocycles. The maximum atomic E-state index is 11.7. The van der Waals surface area contributed by atoms with Crippen molar-refractivity contribution in [2.75, 3.05) is 19.6 Å². The van der Waals surface area contributed by atoms with Crippen molar-refractivity contribution >= 4 is 11.8 Å². The summed E-state index contributed by atoms with van der Waals surface area (Å²) < 4.78 is 0. The van der Waals surface area contributed by atoms with Gasteiger partial charge in [-0.15, -0.1) is 0 Å². The minimum absolute atomic E-state index is 0.0921. The highest BCUT2D eigenvalue weighted by molar-refractivity contribution is 5.88. The van der Waals surface area contributed by atoms with Gasteiger partial charge in [0.15, 0.2) is 0 Å². The Morgan fingerprint density at radius 1 is 1.26 bits per heavy atom. The van der Waals surface area contributed by atoms with Crippen molar-refractivity contribution < 1.29 is 9.59 Å². The summed E-state index contributed by atoms with van der Waals surface area (Å²) in [6.45, 7) is 1.94. The molecule has 2 amide bonds. The van der Waals surface area contributed by atoms with Crippen LogP contribution in [0.4, 0.5) is 0 Å². The standard InChI is InChI=1S/C14H19N3O2/c18-13(10-12-14(19)17-9-8-15-12)16-7-6-11-4-2-1-3-5-11/h1-5,12,15H,6-10H2,(H,16,18)(H,17,19)/t12-/m1/s1. The van der Waals surface area contributed by atoms with Gasteiger partial charge >= 0.3 is 0 Å². The van der Waals surface area contributed by atoms with Crippen LogP contribution in [0, 0.1) is 0 Å². The van der Waals surface area contributed by atoms with Crippen LogP contribution in [0.1, 0.15) is 12.0 Å². The minimum Gasteiger partial charge on any atom is -0.356 e. The third kappa shape index (κ3) is 4.37. The molecule has 0 bridgehead atoms. The molecule has 0 unspecified atom stereocenters. The topological polar surface area (TPSA) is 70.2 Å². The highest BCUT2D eigenvalue weighted by Gasteiger charge is 2.23. The van der Waals surface area contributed by atoms with Gasteiger partial charge in [-0.1, -0.05) is 30.3 Å². The largest absolute Gasteiger partial charge is 0.356 e. The van der Waals surface area contributed by atoms with Crippen LogP contribution in [0.3, 0.4) is 0 Å². The number of nitrogens with one attached hydrogen (secondary N) is 3. The molecule has 5 nitrogen and oxygen atoms in total. The Morgan fingerprint density at radius 2 is 2.05 bits per heavy atom. The lowest BCUT2D eigenvalue weighted by atomic mass is 10.1. The molecule has 0 spiro atoms. The Balaban J connectivity index is 1.68. The molecule has 1 saturated heterocycles. The van der Waals surface area contributed by atoms with E-state index < -0.39 is 6.04 Å². The van der Waals surface area contributed by atoms with Crippen LogP contribution in [-0.4, -0.2) is 37.5 Å². The molecule has 1 aliphatic rings. The number of carbonyl (C=O) groups is 2. The van der Waals surface area contributed by atoms with E-state index in [2.05, 4.69) is 16.0 Å². The average Bonchev–Trinajstić information content (AvgIpc) is 2.43. The molecule has 1 aromatic carbocycles. The number of amides is 2. The summed E-state index contributed by atoms with van der Waals surface area (Å²) in [5, 5.41) is 8.61.